The standard InChI is InChI=1S/C24H30N2O2/c1-19(25-14-16-28-17-15-25)20-8-10-21(11-9-20)22-6-5-7-23(18-22)24(27)26-12-3-2-4-13-26/h5-11,18-19H,2-4,12-17H2,1H3/t19-/m1/s1. The maximum Gasteiger partial charge on any atom is 0.253 e. The number of carbonyl (C=O) groups excluding carboxylic acids is 1. The lowest BCUT2D eigenvalue weighted by Crippen LogP contribution is -2.37. The molecule has 2 heterocycles. The van der Waals surface area contributed by atoms with Gasteiger partial charge in [0.2, 0.25) is 0 Å². The molecule has 0 aromatic heterocycles. The summed E-state index contributed by atoms with van der Waals surface area (Å²) >= 11 is 0. The van der Waals surface area contributed by atoms with Crippen LogP contribution in [0.25, 0.3) is 11.1 Å². The SMILES string of the molecule is C[C@H](c1ccc(-c2cccc(C(=O)N3CCCCC3)c2)cc1)N1CCOCC1. The lowest BCUT2D eigenvalue weighted by atomic mass is 9.98. The summed E-state index contributed by atoms with van der Waals surface area (Å²) in [7, 11) is 0. The van der Waals surface area contributed by atoms with Crippen molar-refractivity contribution in [3.8, 4) is 11.1 Å². The number of benzene rings is 2. The molecule has 1 atom stereocenters. The van der Waals surface area contributed by atoms with Crippen molar-refractivity contribution in [3.05, 3.63) is 59.7 Å². The topological polar surface area (TPSA) is 32.8 Å². The van der Waals surface area contributed by atoms with E-state index in [2.05, 4.69) is 42.2 Å². The molecule has 2 aliphatic rings. The molecule has 2 fully saturated rings. The number of nitrogens with zero attached hydrogens (tertiary/aromatic N) is 2. The molecular weight excluding hydrogens is 348 g/mol. The highest BCUT2D eigenvalue weighted by atomic mass is 16.5. The predicted octanol–water partition coefficient (Wildman–Crippen LogP) is 4.37. The van der Waals surface area contributed by atoms with Gasteiger partial charge in [0, 0.05) is 37.8 Å². The Morgan fingerprint density at radius 2 is 1.61 bits per heavy atom. The van der Waals surface area contributed by atoms with Crippen molar-refractivity contribution in [2.75, 3.05) is 39.4 Å². The summed E-state index contributed by atoms with van der Waals surface area (Å²) in [4.78, 5) is 17.3. The summed E-state index contributed by atoms with van der Waals surface area (Å²) in [5, 5.41) is 0. The third-order valence-electron chi connectivity index (χ3n) is 6.07. The molecule has 0 spiro atoms. The van der Waals surface area contributed by atoms with Crippen molar-refractivity contribution in [2.24, 2.45) is 0 Å². The molecule has 2 aliphatic heterocycles. The van der Waals surface area contributed by atoms with E-state index in [1.165, 1.54) is 12.0 Å². The number of carbonyl (C=O) groups is 1. The van der Waals surface area contributed by atoms with Gasteiger partial charge < -0.3 is 9.64 Å². The van der Waals surface area contributed by atoms with Crippen molar-refractivity contribution in [3.63, 3.8) is 0 Å². The highest BCUT2D eigenvalue weighted by molar-refractivity contribution is 5.95. The molecule has 4 heteroatoms. The Bertz CT molecular complexity index is 791. The molecule has 1 amide bonds. The van der Waals surface area contributed by atoms with Crippen LogP contribution in [0, 0.1) is 0 Å². The van der Waals surface area contributed by atoms with Crippen LogP contribution in [0.15, 0.2) is 48.5 Å². The van der Waals surface area contributed by atoms with Gasteiger partial charge in [-0.15, -0.1) is 0 Å². The van der Waals surface area contributed by atoms with E-state index in [-0.39, 0.29) is 5.91 Å². The Kier molecular flexibility index (Phi) is 6.08. The van der Waals surface area contributed by atoms with Crippen LogP contribution in [0.3, 0.4) is 0 Å². The monoisotopic (exact) mass is 378 g/mol. The van der Waals surface area contributed by atoms with Crippen molar-refractivity contribution >= 4 is 5.91 Å². The average molecular weight is 379 g/mol. The molecular formula is C24H30N2O2. The van der Waals surface area contributed by atoms with E-state index >= 15 is 0 Å². The third-order valence-corrected chi connectivity index (χ3v) is 6.07. The molecule has 0 N–H and O–H groups in total. The van der Waals surface area contributed by atoms with Gasteiger partial charge >= 0.3 is 0 Å². The van der Waals surface area contributed by atoms with Gasteiger partial charge in [0.25, 0.3) is 5.91 Å². The van der Waals surface area contributed by atoms with Crippen molar-refractivity contribution < 1.29 is 9.53 Å². The molecule has 2 aromatic carbocycles. The number of amides is 1. The highest BCUT2D eigenvalue weighted by Gasteiger charge is 2.20. The lowest BCUT2D eigenvalue weighted by Gasteiger charge is -2.32. The Morgan fingerprint density at radius 1 is 0.893 bits per heavy atom. The molecule has 2 aromatic rings. The number of rotatable bonds is 4. The van der Waals surface area contributed by atoms with E-state index in [1.54, 1.807) is 0 Å². The average Bonchev–Trinajstić information content (AvgIpc) is 2.79. The fraction of sp³-hybridized carbons (Fsp3) is 0.458. The normalized spacial score (nSPS) is 19.4. The predicted molar refractivity (Wildman–Crippen MR) is 112 cm³/mol. The van der Waals surface area contributed by atoms with Gasteiger partial charge in [-0.05, 0) is 55.0 Å². The molecule has 0 aliphatic carbocycles. The van der Waals surface area contributed by atoms with Gasteiger partial charge in [0.15, 0.2) is 0 Å². The second kappa shape index (κ2) is 8.89. The van der Waals surface area contributed by atoms with Crippen LogP contribution in [-0.4, -0.2) is 55.1 Å². The summed E-state index contributed by atoms with van der Waals surface area (Å²) in [6.07, 6.45) is 3.47. The smallest absolute Gasteiger partial charge is 0.253 e. The second-order valence-electron chi connectivity index (χ2n) is 7.88. The van der Waals surface area contributed by atoms with Crippen molar-refractivity contribution in [2.45, 2.75) is 32.2 Å². The minimum atomic E-state index is 0.166. The van der Waals surface area contributed by atoms with E-state index < -0.39 is 0 Å². The minimum absolute atomic E-state index is 0.166. The van der Waals surface area contributed by atoms with Crippen LogP contribution < -0.4 is 0 Å². The quantitative estimate of drug-likeness (QED) is 0.792. The van der Waals surface area contributed by atoms with Crippen LogP contribution in [0.4, 0.5) is 0 Å². The van der Waals surface area contributed by atoms with E-state index in [9.17, 15) is 4.79 Å². The molecule has 0 unspecified atom stereocenters. The number of piperidine rings is 1. The molecule has 4 rings (SSSR count). The summed E-state index contributed by atoms with van der Waals surface area (Å²) < 4.78 is 5.46. The van der Waals surface area contributed by atoms with Crippen LogP contribution in [-0.2, 0) is 4.74 Å². The van der Waals surface area contributed by atoms with E-state index in [4.69, 9.17) is 4.74 Å². The van der Waals surface area contributed by atoms with Gasteiger partial charge in [-0.25, -0.2) is 0 Å². The Hall–Kier alpha value is -2.17. The van der Waals surface area contributed by atoms with Crippen LogP contribution in [0.2, 0.25) is 0 Å². The van der Waals surface area contributed by atoms with E-state index in [0.717, 1.165) is 68.9 Å². The number of hydrogen-bond donors (Lipinski definition) is 0. The van der Waals surface area contributed by atoms with Crippen LogP contribution >= 0.6 is 0 Å². The zero-order valence-corrected chi connectivity index (χ0v) is 16.8. The van der Waals surface area contributed by atoms with Crippen molar-refractivity contribution in [1.29, 1.82) is 0 Å². The summed E-state index contributed by atoms with van der Waals surface area (Å²) in [5.41, 5.74) is 4.39. The largest absolute Gasteiger partial charge is 0.379 e. The Morgan fingerprint density at radius 3 is 2.32 bits per heavy atom. The summed E-state index contributed by atoms with van der Waals surface area (Å²) in [5.74, 6) is 0.166. The van der Waals surface area contributed by atoms with Gasteiger partial charge in [0.1, 0.15) is 0 Å². The maximum atomic E-state index is 12.8. The summed E-state index contributed by atoms with van der Waals surface area (Å²) in [6, 6.07) is 17.2. The molecule has 2 saturated heterocycles. The first-order valence-electron chi connectivity index (χ1n) is 10.5. The summed E-state index contributed by atoms with van der Waals surface area (Å²) in [6.45, 7) is 7.65. The zero-order valence-electron chi connectivity index (χ0n) is 16.8. The van der Waals surface area contributed by atoms with Crippen molar-refractivity contribution in [1.82, 2.24) is 9.80 Å². The number of likely N-dealkylation sites (tertiary alicyclic amines) is 1. The second-order valence-corrected chi connectivity index (χ2v) is 7.88. The number of hydrogen-bond acceptors (Lipinski definition) is 3. The van der Waals surface area contributed by atoms with E-state index in [1.807, 2.05) is 23.1 Å². The third kappa shape index (κ3) is 4.29. The highest BCUT2D eigenvalue weighted by Crippen LogP contribution is 2.26. The first kappa shape index (κ1) is 19.2. The number of ether oxygens (including phenoxy) is 1. The van der Waals surface area contributed by atoms with Gasteiger partial charge in [-0.1, -0.05) is 36.4 Å². The zero-order chi connectivity index (χ0) is 19.3. The van der Waals surface area contributed by atoms with Gasteiger partial charge in [-0.2, -0.15) is 0 Å². The molecule has 4 nitrogen and oxygen atoms in total. The van der Waals surface area contributed by atoms with Crippen LogP contribution in [0.5, 0.6) is 0 Å². The van der Waals surface area contributed by atoms with Gasteiger partial charge in [-0.3, -0.25) is 9.69 Å². The number of morpholine rings is 1. The molecule has 0 saturated carbocycles. The first-order chi connectivity index (χ1) is 13.7. The molecule has 0 bridgehead atoms. The fourth-order valence-corrected chi connectivity index (χ4v) is 4.24. The molecule has 148 valence electrons. The minimum Gasteiger partial charge on any atom is -0.379 e. The fourth-order valence-electron chi connectivity index (χ4n) is 4.24. The Labute approximate surface area is 168 Å². The molecule has 0 radical (unpaired) electrons. The first-order valence-corrected chi connectivity index (χ1v) is 10.5. The molecule has 28 heavy (non-hydrogen) atoms. The van der Waals surface area contributed by atoms with Crippen LogP contribution in [0.1, 0.15) is 48.1 Å². The van der Waals surface area contributed by atoms with E-state index in [0.29, 0.717) is 6.04 Å². The lowest BCUT2D eigenvalue weighted by molar-refractivity contribution is 0.0198. The Balaban J connectivity index is 1.49. The maximum absolute atomic E-state index is 12.8. The van der Waals surface area contributed by atoms with Gasteiger partial charge in [0.05, 0.1) is 13.2 Å².